The Kier molecular flexibility index (Phi) is 109. The van der Waals surface area contributed by atoms with E-state index in [2.05, 4.69) is 558 Å². The molecule has 0 fully saturated rings. The molecule has 0 saturated carbocycles. The van der Waals surface area contributed by atoms with E-state index in [1.807, 2.05) is 0 Å². The molecule has 0 N–H and O–H groups in total. The van der Waals surface area contributed by atoms with E-state index in [-0.39, 0.29) is 17.0 Å². The van der Waals surface area contributed by atoms with E-state index in [4.69, 9.17) is 5.70 Å². The molecule has 0 aliphatic heterocycles. The minimum atomic E-state index is -0.614. The normalized spacial score (nSPS) is 18.9. The third kappa shape index (κ3) is 43.2. The van der Waals surface area contributed by atoms with Crippen molar-refractivity contribution in [2.45, 2.75) is 0 Å². The molecule has 0 aromatic carbocycles. The average molecular weight is 7630 g/mol. The molecular weight excluding hydrogens is 7630 g/mol. The van der Waals surface area contributed by atoms with Crippen LogP contribution in [0.2, 0.25) is 0 Å². The van der Waals surface area contributed by atoms with Gasteiger partial charge in [0, 0.05) is 0 Å². The van der Waals surface area contributed by atoms with Gasteiger partial charge in [-0.3, -0.25) is 0 Å². The van der Waals surface area contributed by atoms with E-state index in [1.54, 1.807) is 0 Å². The Labute approximate surface area is 761 Å². The molecule has 61 heavy (non-hydrogen) atoms. The molecule has 0 amide bonds. The van der Waals surface area contributed by atoms with Gasteiger partial charge in [-0.1, -0.05) is 0 Å². The summed E-state index contributed by atoms with van der Waals surface area (Å²) in [7, 11) is -16.7. The molecule has 0 aliphatic rings. The Hall–Kier alpha value is 43.9. The first kappa shape index (κ1) is 105. The summed E-state index contributed by atoms with van der Waals surface area (Å²) in [5, 5.41) is 0. The van der Waals surface area contributed by atoms with Crippen LogP contribution in [0.15, 0.2) is 0 Å². The van der Waals surface area contributed by atoms with Crippen LogP contribution in [-0.2, 0) is 0 Å². The molecule has 0 nitrogen and oxygen atoms in total. The van der Waals surface area contributed by atoms with Gasteiger partial charge in [0.1, 0.15) is 0 Å². The molecular formula is BI60-. The minimum absolute atomic E-state index is 0.155. The molecule has 0 atom stereocenters. The number of rotatable bonds is 29. The van der Waals surface area contributed by atoms with Gasteiger partial charge in [-0.05, 0) is 0 Å². The number of hydrogen-bond acceptors (Lipinski definition) is 0. The molecule has 0 unspecified atom stereocenters. The number of hydrogen-bond donors (Lipinski definition) is 0. The molecule has 0 spiro atoms. The molecule has 0 rings (SSSR count). The van der Waals surface area contributed by atoms with Crippen LogP contribution >= 0.6 is 787 Å². The monoisotopic (exact) mass is 7630 g/mol. The van der Waals surface area contributed by atoms with Gasteiger partial charge in [-0.25, -0.2) is 0 Å². The Bertz CT molecular complexity index is 1140. The van der Waals surface area contributed by atoms with Crippen molar-refractivity contribution in [3.8, 4) is 0 Å². The zero-order valence-electron chi connectivity index (χ0n) is 23.3. The number of halogens is 60. The SMILES string of the molecule is [B][I-]I(I)I(I)I(I)I(I)I(I)I(I)I(I)I(I)I(I)I(I)I(I)I(I)I(I)I(I)I(I)I(I)I(I)I(I)I(I)I(I)I(I)I(I)I(I)I(I)I(I)I(I)I(I)I(I)I(I)I. The van der Waals surface area contributed by atoms with Crippen molar-refractivity contribution in [2.75, 3.05) is 0 Å². The molecule has 0 heterocycles. The Morgan fingerprint density at radius 3 is 0.361 bits per heavy atom. The van der Waals surface area contributed by atoms with E-state index >= 15 is 0 Å². The van der Waals surface area contributed by atoms with Gasteiger partial charge in [0.25, 0.3) is 0 Å². The standard InChI is InChI=1S/BI60/c1-32-34(4)36(6)38(8)40(10)42(12)44(14)46(16)48(18)50(20)52(22)54(24)56(26)58(28)60(30)61(31)59(29)57(27)55(25)53(23)51(21)49(19)47(17)45(15)43(13)41(11)39(9)37(7)35(5)33(2)3/q-1. The quantitative estimate of drug-likeness (QED) is 0.0517. The van der Waals surface area contributed by atoms with Gasteiger partial charge in [0.15, 0.2) is 0 Å². The second-order valence-corrected chi connectivity index (χ2v) is 1420. The van der Waals surface area contributed by atoms with E-state index < -0.39 is 229 Å². The van der Waals surface area contributed by atoms with Crippen LogP contribution in [0, 0.1) is 0 Å². The van der Waals surface area contributed by atoms with E-state index in [9.17, 15) is 0 Å². The zero-order chi connectivity index (χ0) is 48.5. The predicted molar refractivity (Wildman–Crippen MR) is 833 cm³/mol. The van der Waals surface area contributed by atoms with Crippen molar-refractivity contribution < 1.29 is 17.0 Å². The van der Waals surface area contributed by atoms with Crippen molar-refractivity contribution in [1.82, 2.24) is 0 Å². The summed E-state index contributed by atoms with van der Waals surface area (Å²) in [4.78, 5) is 0. The molecule has 2 radical (unpaired) electrons. The van der Waals surface area contributed by atoms with Gasteiger partial charge in [0.05, 0.1) is 0 Å². The van der Waals surface area contributed by atoms with Crippen molar-refractivity contribution in [2.24, 2.45) is 0 Å². The van der Waals surface area contributed by atoms with Crippen molar-refractivity contribution in [3.63, 3.8) is 0 Å². The Morgan fingerprint density at radius 1 is 0.164 bits per heavy atom. The van der Waals surface area contributed by atoms with E-state index in [1.165, 1.54) is 0 Å². The molecule has 0 bridgehead atoms. The molecule has 424 valence electrons. The van der Waals surface area contributed by atoms with Gasteiger partial charge < -0.3 is 0 Å². The molecule has 0 aromatic heterocycles. The van der Waals surface area contributed by atoms with Crippen LogP contribution in [0.3, 0.4) is 0 Å². The van der Waals surface area contributed by atoms with Gasteiger partial charge >= 0.3 is 810 Å². The molecule has 0 saturated heterocycles. The summed E-state index contributed by atoms with van der Waals surface area (Å²) >= 11 is 99.5. The maximum absolute atomic E-state index is 6.41. The van der Waals surface area contributed by atoms with Crippen LogP contribution in [-0.4, -0.2) is 5.70 Å². The van der Waals surface area contributed by atoms with Crippen molar-refractivity contribution in [1.29, 1.82) is 0 Å². The first-order valence-corrected chi connectivity index (χ1v) is 381. The first-order chi connectivity index (χ1) is 27.8. The fourth-order valence-electron chi connectivity index (χ4n) is 0.857. The van der Waals surface area contributed by atoms with Gasteiger partial charge in [0.2, 0.25) is 0 Å². The second-order valence-electron chi connectivity index (χ2n) is 4.78. The second kappa shape index (κ2) is 63.2. The van der Waals surface area contributed by atoms with Crippen LogP contribution in [0.4, 0.5) is 0 Å². The van der Waals surface area contributed by atoms with E-state index in [0.29, 0.717) is 0 Å². The Balaban J connectivity index is 5.68. The fraction of sp³-hybridized carbons (Fsp3) is 0. The van der Waals surface area contributed by atoms with Crippen molar-refractivity contribution in [3.05, 3.63) is 0 Å². The summed E-state index contributed by atoms with van der Waals surface area (Å²) < 4.78 is 0. The summed E-state index contributed by atoms with van der Waals surface area (Å²) in [5.41, 5.74) is 6.41. The fourth-order valence-corrected chi connectivity index (χ4v) is 11400. The summed E-state index contributed by atoms with van der Waals surface area (Å²) in [6, 6.07) is 0. The average Bonchev–Trinajstić information content (AvgIpc) is 3.26. The topological polar surface area (TPSA) is 0 Å². The van der Waals surface area contributed by atoms with Crippen LogP contribution in [0.5, 0.6) is 0 Å². The molecule has 0 aromatic rings. The first-order valence-electron chi connectivity index (χ1n) is 8.65. The van der Waals surface area contributed by atoms with Gasteiger partial charge in [-0.15, -0.1) is 0 Å². The maximum atomic E-state index is 6.41. The third-order valence-electron chi connectivity index (χ3n) is 2.35. The molecule has 61 heteroatoms. The summed E-state index contributed by atoms with van der Waals surface area (Å²) in [5.74, 6) is 0. The molecule has 0 aliphatic carbocycles. The summed E-state index contributed by atoms with van der Waals surface area (Å²) in [6.45, 7) is 0. The summed E-state index contributed by atoms with van der Waals surface area (Å²) in [6.07, 6.45) is 0. The third-order valence-corrected chi connectivity index (χ3v) is 4650. The zero-order valence-corrected chi connectivity index (χ0v) is 153. The van der Waals surface area contributed by atoms with Gasteiger partial charge in [-0.2, -0.15) is 0 Å². The van der Waals surface area contributed by atoms with Crippen molar-refractivity contribution >= 4 is 793 Å². The van der Waals surface area contributed by atoms with E-state index in [0.717, 1.165) is 0 Å². The Morgan fingerprint density at radius 2 is 0.262 bits per heavy atom. The van der Waals surface area contributed by atoms with Crippen LogP contribution in [0.1, 0.15) is 0 Å². The predicted octanol–water partition coefficient (Wildman–Crippen LogP) is 48.9. The van der Waals surface area contributed by atoms with Crippen LogP contribution < -0.4 is 17.0 Å². The van der Waals surface area contributed by atoms with Crippen LogP contribution in [0.25, 0.3) is 0 Å².